The van der Waals surface area contributed by atoms with Crippen LogP contribution in [0.1, 0.15) is 26.5 Å². The average molecular weight is 336 g/mol. The monoisotopic (exact) mass is 336 g/mol. The Morgan fingerprint density at radius 1 is 1.35 bits per heavy atom. The molecule has 1 aromatic heterocycles. The Bertz CT molecular complexity index is 650. The number of aliphatic hydroxyl groups is 1. The largest absolute Gasteiger partial charge is 0.504 e. The molecule has 0 saturated carbocycles. The van der Waals surface area contributed by atoms with Crippen molar-refractivity contribution in [2.45, 2.75) is 32.9 Å². The van der Waals surface area contributed by atoms with Gasteiger partial charge in [0.25, 0.3) is 0 Å². The Kier molecular flexibility index (Phi) is 5.62. The van der Waals surface area contributed by atoms with E-state index in [1.54, 1.807) is 23.5 Å². The molecule has 126 valence electrons. The molecule has 0 amide bonds. The fraction of sp³-hybridized carbons (Fsp3) is 0.471. The number of thiazole rings is 1. The molecule has 0 saturated heterocycles. The van der Waals surface area contributed by atoms with Gasteiger partial charge in [0, 0.05) is 24.0 Å². The third-order valence-electron chi connectivity index (χ3n) is 3.42. The molecule has 0 fully saturated rings. The van der Waals surface area contributed by atoms with Crippen LogP contribution in [0.25, 0.3) is 10.6 Å². The molecule has 0 spiro atoms. The summed E-state index contributed by atoms with van der Waals surface area (Å²) in [5.41, 5.74) is 1.17. The van der Waals surface area contributed by atoms with E-state index in [-0.39, 0.29) is 5.75 Å². The van der Waals surface area contributed by atoms with E-state index in [2.05, 4.69) is 16.8 Å². The van der Waals surface area contributed by atoms with Gasteiger partial charge in [0.2, 0.25) is 0 Å². The first-order valence-corrected chi connectivity index (χ1v) is 8.47. The Morgan fingerprint density at radius 2 is 2.09 bits per heavy atom. The molecule has 2 rings (SSSR count). The van der Waals surface area contributed by atoms with E-state index in [4.69, 9.17) is 4.74 Å². The van der Waals surface area contributed by atoms with Crippen LogP contribution in [0.2, 0.25) is 0 Å². The summed E-state index contributed by atoms with van der Waals surface area (Å²) in [5.74, 6) is 0.562. The second kappa shape index (κ2) is 7.29. The molecule has 0 aliphatic carbocycles. The quantitative estimate of drug-likeness (QED) is 0.813. The van der Waals surface area contributed by atoms with Gasteiger partial charge in [-0.25, -0.2) is 4.98 Å². The molecule has 5 nitrogen and oxygen atoms in total. The average Bonchev–Trinajstić information content (AvgIpc) is 2.94. The van der Waals surface area contributed by atoms with Crippen molar-refractivity contribution in [2.75, 3.05) is 20.2 Å². The standard InChI is InChI=1S/C17H24N2O3S/c1-5-19(11-17(2,3)21)9-13-10-23-16(18-13)12-6-7-14(20)15(8-12)22-4/h6-8,10,20-21H,5,9,11H2,1-4H3. The maximum absolute atomic E-state index is 9.97. The second-order valence-electron chi connectivity index (χ2n) is 6.15. The SMILES string of the molecule is CCN(Cc1csc(-c2ccc(O)c(OC)c2)n1)CC(C)(C)O. The first-order valence-electron chi connectivity index (χ1n) is 7.59. The Labute approximate surface area is 141 Å². The van der Waals surface area contributed by atoms with E-state index in [9.17, 15) is 10.2 Å². The lowest BCUT2D eigenvalue weighted by Gasteiger charge is -2.27. The van der Waals surface area contributed by atoms with Crippen molar-refractivity contribution in [3.05, 3.63) is 29.3 Å². The highest BCUT2D eigenvalue weighted by Gasteiger charge is 2.18. The molecule has 0 aliphatic rings. The molecule has 6 heteroatoms. The fourth-order valence-corrected chi connectivity index (χ4v) is 3.19. The Balaban J connectivity index is 2.14. The van der Waals surface area contributed by atoms with Crippen LogP contribution in [0, 0.1) is 0 Å². The van der Waals surface area contributed by atoms with Crippen molar-refractivity contribution in [3.63, 3.8) is 0 Å². The molecule has 2 aromatic rings. The third kappa shape index (κ3) is 4.92. The highest BCUT2D eigenvalue weighted by molar-refractivity contribution is 7.13. The molecular formula is C17H24N2O3S. The number of hydrogen-bond acceptors (Lipinski definition) is 6. The van der Waals surface area contributed by atoms with Gasteiger partial charge in [-0.15, -0.1) is 11.3 Å². The lowest BCUT2D eigenvalue weighted by atomic mass is 10.1. The summed E-state index contributed by atoms with van der Waals surface area (Å²) in [5, 5.41) is 22.6. The van der Waals surface area contributed by atoms with E-state index in [0.29, 0.717) is 18.8 Å². The topological polar surface area (TPSA) is 65.8 Å². The van der Waals surface area contributed by atoms with E-state index < -0.39 is 5.60 Å². The first-order chi connectivity index (χ1) is 10.8. The zero-order chi connectivity index (χ0) is 17.0. The Hall–Kier alpha value is -1.63. The number of phenols is 1. The number of benzene rings is 1. The molecule has 0 unspecified atom stereocenters. The maximum atomic E-state index is 9.97. The van der Waals surface area contributed by atoms with Crippen LogP contribution in [-0.4, -0.2) is 45.9 Å². The number of methoxy groups -OCH3 is 1. The van der Waals surface area contributed by atoms with E-state index in [1.165, 1.54) is 7.11 Å². The van der Waals surface area contributed by atoms with E-state index >= 15 is 0 Å². The third-order valence-corrected chi connectivity index (χ3v) is 4.36. The van der Waals surface area contributed by atoms with E-state index in [1.807, 2.05) is 25.3 Å². The number of rotatable bonds is 7. The van der Waals surface area contributed by atoms with Crippen molar-refractivity contribution in [1.29, 1.82) is 0 Å². The van der Waals surface area contributed by atoms with Gasteiger partial charge in [0.05, 0.1) is 18.4 Å². The molecule has 1 heterocycles. The lowest BCUT2D eigenvalue weighted by Crippen LogP contribution is -2.38. The van der Waals surface area contributed by atoms with Gasteiger partial charge in [-0.3, -0.25) is 4.90 Å². The summed E-state index contributed by atoms with van der Waals surface area (Å²) in [7, 11) is 1.53. The maximum Gasteiger partial charge on any atom is 0.161 e. The first kappa shape index (κ1) is 17.7. The van der Waals surface area contributed by atoms with Crippen molar-refractivity contribution >= 4 is 11.3 Å². The van der Waals surface area contributed by atoms with Gasteiger partial charge >= 0.3 is 0 Å². The minimum absolute atomic E-state index is 0.121. The van der Waals surface area contributed by atoms with Gasteiger partial charge in [-0.2, -0.15) is 0 Å². The number of aromatic hydroxyl groups is 1. The molecule has 0 aliphatic heterocycles. The normalized spacial score (nSPS) is 11.9. The van der Waals surface area contributed by atoms with Crippen LogP contribution in [-0.2, 0) is 6.54 Å². The number of likely N-dealkylation sites (N-methyl/N-ethyl adjacent to an activating group) is 1. The number of aromatic nitrogens is 1. The van der Waals surface area contributed by atoms with Crippen LogP contribution in [0.4, 0.5) is 0 Å². The summed E-state index contributed by atoms with van der Waals surface area (Å²) in [6, 6.07) is 5.23. The van der Waals surface area contributed by atoms with Gasteiger partial charge in [-0.05, 0) is 38.6 Å². The van der Waals surface area contributed by atoms with Crippen LogP contribution in [0.15, 0.2) is 23.6 Å². The van der Waals surface area contributed by atoms with Gasteiger partial charge < -0.3 is 14.9 Å². The van der Waals surface area contributed by atoms with Crippen molar-refractivity contribution < 1.29 is 14.9 Å². The smallest absolute Gasteiger partial charge is 0.161 e. The lowest BCUT2D eigenvalue weighted by molar-refractivity contribution is 0.0350. The number of ether oxygens (including phenoxy) is 1. The Morgan fingerprint density at radius 3 is 2.70 bits per heavy atom. The summed E-state index contributed by atoms with van der Waals surface area (Å²) in [6.45, 7) is 7.85. The summed E-state index contributed by atoms with van der Waals surface area (Å²) in [4.78, 5) is 6.82. The fourth-order valence-electron chi connectivity index (χ4n) is 2.38. The molecular weight excluding hydrogens is 312 g/mol. The molecule has 0 bridgehead atoms. The van der Waals surface area contributed by atoms with Gasteiger partial charge in [0.1, 0.15) is 5.01 Å². The number of nitrogens with zero attached hydrogens (tertiary/aromatic N) is 2. The summed E-state index contributed by atoms with van der Waals surface area (Å²) < 4.78 is 5.14. The molecule has 23 heavy (non-hydrogen) atoms. The van der Waals surface area contributed by atoms with Gasteiger partial charge in [-0.1, -0.05) is 6.92 Å². The molecule has 1 aromatic carbocycles. The predicted octanol–water partition coefficient (Wildman–Crippen LogP) is 3.12. The minimum atomic E-state index is -0.723. The summed E-state index contributed by atoms with van der Waals surface area (Å²) in [6.07, 6.45) is 0. The van der Waals surface area contributed by atoms with Crippen LogP contribution < -0.4 is 4.74 Å². The number of hydrogen-bond donors (Lipinski definition) is 2. The molecule has 0 radical (unpaired) electrons. The van der Waals surface area contributed by atoms with Crippen LogP contribution in [0.5, 0.6) is 11.5 Å². The van der Waals surface area contributed by atoms with Crippen molar-refractivity contribution in [1.82, 2.24) is 9.88 Å². The van der Waals surface area contributed by atoms with Crippen LogP contribution >= 0.6 is 11.3 Å². The highest BCUT2D eigenvalue weighted by atomic mass is 32.1. The van der Waals surface area contributed by atoms with Crippen LogP contribution in [0.3, 0.4) is 0 Å². The molecule has 2 N–H and O–H groups in total. The minimum Gasteiger partial charge on any atom is -0.504 e. The van der Waals surface area contributed by atoms with Gasteiger partial charge in [0.15, 0.2) is 11.5 Å². The highest BCUT2D eigenvalue weighted by Crippen LogP contribution is 2.33. The second-order valence-corrected chi connectivity index (χ2v) is 7.00. The van der Waals surface area contributed by atoms with E-state index in [0.717, 1.165) is 22.8 Å². The summed E-state index contributed by atoms with van der Waals surface area (Å²) >= 11 is 1.56. The van der Waals surface area contributed by atoms with Crippen molar-refractivity contribution in [2.24, 2.45) is 0 Å². The van der Waals surface area contributed by atoms with Crippen molar-refractivity contribution in [3.8, 4) is 22.1 Å². The zero-order valence-corrected chi connectivity index (χ0v) is 14.9. The zero-order valence-electron chi connectivity index (χ0n) is 14.0. The number of phenolic OH excluding ortho intramolecular Hbond substituents is 1. The molecule has 0 atom stereocenters. The predicted molar refractivity (Wildman–Crippen MR) is 93.0 cm³/mol.